The van der Waals surface area contributed by atoms with Crippen LogP contribution in [0, 0.1) is 0 Å². The monoisotopic (exact) mass is 327 g/mol. The maximum absolute atomic E-state index is 12.4. The van der Waals surface area contributed by atoms with E-state index in [-0.39, 0.29) is 0 Å². The van der Waals surface area contributed by atoms with E-state index in [0.29, 0.717) is 5.92 Å². The number of hydrogen-bond acceptors (Lipinski definition) is 2. The molecule has 3 heteroatoms. The van der Waals surface area contributed by atoms with Crippen LogP contribution in [0.5, 0.6) is 0 Å². The minimum Gasteiger partial charge on any atom is -0.319 e. The zero-order valence-electron chi connectivity index (χ0n) is 14.1. The summed E-state index contributed by atoms with van der Waals surface area (Å²) in [5.74, 6) is 0.659. The maximum atomic E-state index is 12.4. The van der Waals surface area contributed by atoms with Crippen LogP contribution in [-0.2, 0) is 11.1 Å². The van der Waals surface area contributed by atoms with Crippen molar-refractivity contribution in [3.63, 3.8) is 0 Å². The molecule has 0 saturated carbocycles. The molecule has 1 heterocycles. The molecule has 2 atom stereocenters. The summed E-state index contributed by atoms with van der Waals surface area (Å²) in [4.78, 5) is 2.53. The van der Waals surface area contributed by atoms with E-state index in [0.717, 1.165) is 31.1 Å². The van der Waals surface area contributed by atoms with Crippen molar-refractivity contribution in [2.75, 3.05) is 25.9 Å². The summed E-state index contributed by atoms with van der Waals surface area (Å²) in [6.45, 7) is 7.16. The van der Waals surface area contributed by atoms with Crippen LogP contribution in [0.1, 0.15) is 30.4 Å². The lowest BCUT2D eigenvalue weighted by atomic mass is 9.99. The van der Waals surface area contributed by atoms with Gasteiger partial charge < -0.3 is 4.57 Å². The van der Waals surface area contributed by atoms with Crippen LogP contribution in [0.2, 0.25) is 0 Å². The number of nitrogens with zero attached hydrogens (tertiary/aromatic N) is 1. The van der Waals surface area contributed by atoms with Crippen molar-refractivity contribution in [1.82, 2.24) is 4.90 Å². The third-order valence-corrected chi connectivity index (χ3v) is 7.63. The second kappa shape index (κ2) is 7.03. The first-order chi connectivity index (χ1) is 11.1. The van der Waals surface area contributed by atoms with Gasteiger partial charge in [0, 0.05) is 24.6 Å². The van der Waals surface area contributed by atoms with Gasteiger partial charge in [-0.1, -0.05) is 61.5 Å². The van der Waals surface area contributed by atoms with Crippen molar-refractivity contribution < 1.29 is 4.57 Å². The zero-order valence-corrected chi connectivity index (χ0v) is 15.0. The zero-order chi connectivity index (χ0) is 16.3. The number of benzene rings is 2. The Bertz CT molecular complexity index is 681. The van der Waals surface area contributed by atoms with Gasteiger partial charge in [0.15, 0.2) is 0 Å². The summed E-state index contributed by atoms with van der Waals surface area (Å²) >= 11 is 0. The van der Waals surface area contributed by atoms with Crippen molar-refractivity contribution in [2.45, 2.75) is 25.8 Å². The van der Waals surface area contributed by atoms with Gasteiger partial charge in [0.2, 0.25) is 0 Å². The summed E-state index contributed by atoms with van der Waals surface area (Å²) in [5, 5.41) is 1.01. The number of likely N-dealkylation sites (tertiary alicyclic amines) is 1. The van der Waals surface area contributed by atoms with E-state index in [1.54, 1.807) is 0 Å². The molecular formula is C20H26NOP. The highest BCUT2D eigenvalue weighted by molar-refractivity contribution is 7.70. The highest BCUT2D eigenvalue weighted by atomic mass is 31.2. The highest BCUT2D eigenvalue weighted by Gasteiger charge is 2.23. The van der Waals surface area contributed by atoms with Gasteiger partial charge in [0.1, 0.15) is 7.14 Å². The molecule has 2 aromatic rings. The van der Waals surface area contributed by atoms with Crippen LogP contribution in [0.4, 0.5) is 0 Å². The lowest BCUT2D eigenvalue weighted by Crippen LogP contribution is -2.20. The first kappa shape index (κ1) is 16.5. The van der Waals surface area contributed by atoms with Crippen molar-refractivity contribution in [3.8, 4) is 0 Å². The first-order valence-electron chi connectivity index (χ1n) is 8.52. The molecule has 1 saturated heterocycles. The van der Waals surface area contributed by atoms with Gasteiger partial charge in [-0.2, -0.15) is 0 Å². The Balaban J connectivity index is 1.61. The molecule has 23 heavy (non-hydrogen) atoms. The van der Waals surface area contributed by atoms with Crippen LogP contribution in [-0.4, -0.2) is 30.8 Å². The van der Waals surface area contributed by atoms with E-state index in [9.17, 15) is 4.57 Å². The lowest BCUT2D eigenvalue weighted by molar-refractivity contribution is 0.327. The highest BCUT2D eigenvalue weighted by Crippen LogP contribution is 2.39. The Hall–Kier alpha value is -1.37. The Kier molecular flexibility index (Phi) is 5.04. The molecule has 0 aliphatic carbocycles. The minimum atomic E-state index is -2.14. The molecule has 0 N–H and O–H groups in total. The molecule has 2 unspecified atom stereocenters. The molecule has 0 amide bonds. The summed E-state index contributed by atoms with van der Waals surface area (Å²) < 4.78 is 12.4. The van der Waals surface area contributed by atoms with E-state index in [1.807, 2.05) is 13.6 Å². The van der Waals surface area contributed by atoms with Crippen LogP contribution < -0.4 is 5.30 Å². The fourth-order valence-corrected chi connectivity index (χ4v) is 4.48. The summed E-state index contributed by atoms with van der Waals surface area (Å²) in [7, 11) is -2.14. The predicted molar refractivity (Wildman–Crippen MR) is 99.2 cm³/mol. The third kappa shape index (κ3) is 3.94. The van der Waals surface area contributed by atoms with Crippen molar-refractivity contribution in [2.24, 2.45) is 0 Å². The van der Waals surface area contributed by atoms with E-state index in [4.69, 9.17) is 0 Å². The second-order valence-electron chi connectivity index (χ2n) is 6.71. The topological polar surface area (TPSA) is 20.3 Å². The minimum absolute atomic E-state index is 0.659. The predicted octanol–water partition coefficient (Wildman–Crippen LogP) is 4.31. The molecule has 3 rings (SSSR count). The molecule has 122 valence electrons. The Morgan fingerprint density at radius 3 is 2.43 bits per heavy atom. The maximum Gasteiger partial charge on any atom is 0.112 e. The Morgan fingerprint density at radius 1 is 1.09 bits per heavy atom. The van der Waals surface area contributed by atoms with E-state index in [2.05, 4.69) is 59.5 Å². The average molecular weight is 327 g/mol. The van der Waals surface area contributed by atoms with Crippen LogP contribution in [0.25, 0.3) is 0 Å². The van der Waals surface area contributed by atoms with Crippen molar-refractivity contribution in [1.29, 1.82) is 0 Å². The van der Waals surface area contributed by atoms with E-state index in [1.165, 1.54) is 17.5 Å². The third-order valence-electron chi connectivity index (χ3n) is 5.04. The van der Waals surface area contributed by atoms with Gasteiger partial charge in [-0.25, -0.2) is 0 Å². The number of rotatable bonds is 5. The second-order valence-corrected chi connectivity index (χ2v) is 10.1. The van der Waals surface area contributed by atoms with Crippen molar-refractivity contribution >= 4 is 12.4 Å². The standard InChI is InChI=1S/C20H26NOP/c1-3-23(2,22)20-11-9-17(10-12-20)15-21-14-13-19(16-21)18-7-5-4-6-8-18/h4-12,19H,3,13-16H2,1-2H3. The Labute approximate surface area is 139 Å². The lowest BCUT2D eigenvalue weighted by Gasteiger charge is -2.17. The van der Waals surface area contributed by atoms with E-state index >= 15 is 0 Å². The summed E-state index contributed by atoms with van der Waals surface area (Å²) in [5.41, 5.74) is 2.78. The molecule has 0 aromatic heterocycles. The summed E-state index contributed by atoms with van der Waals surface area (Å²) in [6.07, 6.45) is 1.97. The molecule has 0 radical (unpaired) electrons. The average Bonchev–Trinajstić information content (AvgIpc) is 3.05. The molecule has 2 nitrogen and oxygen atoms in total. The van der Waals surface area contributed by atoms with Gasteiger partial charge in [0.05, 0.1) is 0 Å². The number of hydrogen-bond donors (Lipinski definition) is 0. The van der Waals surface area contributed by atoms with Crippen LogP contribution in [0.3, 0.4) is 0 Å². The molecule has 1 aliphatic rings. The van der Waals surface area contributed by atoms with Gasteiger partial charge in [-0.15, -0.1) is 0 Å². The molecule has 0 spiro atoms. The molecule has 1 aliphatic heterocycles. The van der Waals surface area contributed by atoms with Gasteiger partial charge in [-0.05, 0) is 36.7 Å². The van der Waals surface area contributed by atoms with Crippen molar-refractivity contribution in [3.05, 3.63) is 65.7 Å². The normalized spacial score (nSPS) is 21.2. The Morgan fingerprint density at radius 2 is 1.78 bits per heavy atom. The van der Waals surface area contributed by atoms with Gasteiger partial charge in [0.25, 0.3) is 0 Å². The molecular weight excluding hydrogens is 301 g/mol. The molecule has 1 fully saturated rings. The fourth-order valence-electron chi connectivity index (χ4n) is 3.33. The van der Waals surface area contributed by atoms with E-state index < -0.39 is 7.14 Å². The first-order valence-corrected chi connectivity index (χ1v) is 10.9. The largest absolute Gasteiger partial charge is 0.319 e. The fraction of sp³-hybridized carbons (Fsp3) is 0.400. The van der Waals surface area contributed by atoms with Gasteiger partial charge >= 0.3 is 0 Å². The van der Waals surface area contributed by atoms with Crippen LogP contribution >= 0.6 is 7.14 Å². The van der Waals surface area contributed by atoms with Gasteiger partial charge in [-0.3, -0.25) is 4.90 Å². The smallest absolute Gasteiger partial charge is 0.112 e. The molecule has 0 bridgehead atoms. The SMILES string of the molecule is CCP(C)(=O)c1ccc(CN2CCC(c3ccccc3)C2)cc1. The summed E-state index contributed by atoms with van der Waals surface area (Å²) in [6, 6.07) is 19.3. The quantitative estimate of drug-likeness (QED) is 0.763. The molecule has 2 aromatic carbocycles. The van der Waals surface area contributed by atoms with Crippen LogP contribution in [0.15, 0.2) is 54.6 Å².